The van der Waals surface area contributed by atoms with E-state index >= 15 is 0 Å². The van der Waals surface area contributed by atoms with Gasteiger partial charge in [-0.2, -0.15) is 23.3 Å². The minimum absolute atomic E-state index is 0.100. The highest BCUT2D eigenvalue weighted by Gasteiger charge is 2.32. The predicted octanol–water partition coefficient (Wildman–Crippen LogP) is 3.03. The van der Waals surface area contributed by atoms with Gasteiger partial charge in [0.2, 0.25) is 11.9 Å². The number of carbonyl (C=O) groups is 1. The van der Waals surface area contributed by atoms with Crippen LogP contribution >= 0.6 is 0 Å². The van der Waals surface area contributed by atoms with Crippen molar-refractivity contribution in [3.05, 3.63) is 53.2 Å². The molecule has 0 spiro atoms. The Balaban J connectivity index is 1.36. The smallest absolute Gasteiger partial charge is 0.350 e. The standard InChI is InChI=1S/C21H23F3N8O/c1-12-17-18(31(3)13(2)19(33)29-17)30-20(28-12)26-9-15-10-27-32(11-15)7-6-14-4-5-16(25-8-14)21(22,23)24/h4-5,8,10-11,13H,6-7,9H2,1-3H3,(H,29,33)(H,26,28,30)/t13-/m0/s1. The summed E-state index contributed by atoms with van der Waals surface area (Å²) in [4.78, 5) is 26.3. The van der Waals surface area contributed by atoms with Crippen LogP contribution in [0.3, 0.4) is 0 Å². The third kappa shape index (κ3) is 4.89. The second-order valence-corrected chi connectivity index (χ2v) is 7.87. The zero-order chi connectivity index (χ0) is 23.8. The van der Waals surface area contributed by atoms with Gasteiger partial charge >= 0.3 is 6.18 Å². The Bertz CT molecular complexity index is 1160. The number of carbonyl (C=O) groups excluding carboxylic acids is 1. The Kier molecular flexibility index (Phi) is 5.91. The Labute approximate surface area is 188 Å². The molecular formula is C21H23F3N8O. The maximum Gasteiger partial charge on any atom is 0.433 e. The lowest BCUT2D eigenvalue weighted by atomic mass is 10.2. The van der Waals surface area contributed by atoms with Crippen LogP contribution < -0.4 is 15.5 Å². The molecule has 0 saturated carbocycles. The number of alkyl halides is 3. The molecule has 33 heavy (non-hydrogen) atoms. The number of likely N-dealkylation sites (N-methyl/N-ethyl adjacent to an activating group) is 1. The number of halogens is 3. The number of aryl methyl sites for hydroxylation is 3. The minimum atomic E-state index is -4.44. The fourth-order valence-corrected chi connectivity index (χ4v) is 3.41. The average Bonchev–Trinajstić information content (AvgIpc) is 3.23. The van der Waals surface area contributed by atoms with E-state index in [4.69, 9.17) is 0 Å². The van der Waals surface area contributed by atoms with Crippen molar-refractivity contribution in [2.75, 3.05) is 22.6 Å². The molecule has 0 aromatic carbocycles. The Hall–Kier alpha value is -3.70. The lowest BCUT2D eigenvalue weighted by Gasteiger charge is -2.32. The van der Waals surface area contributed by atoms with Crippen molar-refractivity contribution in [1.82, 2.24) is 24.7 Å². The Morgan fingerprint density at radius 2 is 1.97 bits per heavy atom. The fraction of sp³-hybridized carbons (Fsp3) is 0.381. The van der Waals surface area contributed by atoms with E-state index in [1.165, 1.54) is 12.3 Å². The zero-order valence-electron chi connectivity index (χ0n) is 18.3. The largest absolute Gasteiger partial charge is 0.433 e. The number of pyridine rings is 1. The van der Waals surface area contributed by atoms with Crippen molar-refractivity contribution in [3.63, 3.8) is 0 Å². The highest BCUT2D eigenvalue weighted by atomic mass is 19.4. The van der Waals surface area contributed by atoms with Gasteiger partial charge in [0, 0.05) is 38.1 Å². The topological polar surface area (TPSA) is 101 Å². The molecule has 0 fully saturated rings. The van der Waals surface area contributed by atoms with Crippen LogP contribution in [-0.4, -0.2) is 43.7 Å². The van der Waals surface area contributed by atoms with Crippen LogP contribution in [-0.2, 0) is 30.5 Å². The van der Waals surface area contributed by atoms with Gasteiger partial charge in [0.05, 0.1) is 11.9 Å². The van der Waals surface area contributed by atoms with Gasteiger partial charge in [-0.25, -0.2) is 4.98 Å². The average molecular weight is 460 g/mol. The number of fused-ring (bicyclic) bond motifs is 1. The molecule has 0 unspecified atom stereocenters. The van der Waals surface area contributed by atoms with E-state index in [0.717, 1.165) is 11.6 Å². The van der Waals surface area contributed by atoms with E-state index in [9.17, 15) is 18.0 Å². The van der Waals surface area contributed by atoms with Gasteiger partial charge in [-0.1, -0.05) is 6.07 Å². The molecule has 12 heteroatoms. The van der Waals surface area contributed by atoms with Gasteiger partial charge in [0.15, 0.2) is 5.82 Å². The van der Waals surface area contributed by atoms with Gasteiger partial charge in [0.25, 0.3) is 0 Å². The van der Waals surface area contributed by atoms with E-state index in [1.54, 1.807) is 17.8 Å². The summed E-state index contributed by atoms with van der Waals surface area (Å²) in [5.74, 6) is 0.986. The monoisotopic (exact) mass is 460 g/mol. The van der Waals surface area contributed by atoms with Crippen molar-refractivity contribution < 1.29 is 18.0 Å². The molecule has 0 bridgehead atoms. The number of nitrogens with zero attached hydrogens (tertiary/aromatic N) is 6. The first-order valence-corrected chi connectivity index (χ1v) is 10.3. The van der Waals surface area contributed by atoms with Crippen LogP contribution in [0.2, 0.25) is 0 Å². The molecule has 1 aliphatic heterocycles. The van der Waals surface area contributed by atoms with Crippen LogP contribution in [0.5, 0.6) is 0 Å². The second kappa shape index (κ2) is 8.68. The van der Waals surface area contributed by atoms with Crippen LogP contribution in [0.25, 0.3) is 0 Å². The summed E-state index contributed by atoms with van der Waals surface area (Å²) in [5.41, 5.74) is 1.96. The highest BCUT2D eigenvalue weighted by molar-refractivity contribution is 6.03. The third-order valence-electron chi connectivity index (χ3n) is 5.50. The van der Waals surface area contributed by atoms with Crippen LogP contribution in [0.15, 0.2) is 30.7 Å². The summed E-state index contributed by atoms with van der Waals surface area (Å²) in [7, 11) is 1.81. The van der Waals surface area contributed by atoms with E-state index in [-0.39, 0.29) is 11.9 Å². The number of hydrogen-bond donors (Lipinski definition) is 2. The number of hydrogen-bond acceptors (Lipinski definition) is 7. The molecule has 3 aromatic heterocycles. The first-order valence-electron chi connectivity index (χ1n) is 10.3. The van der Waals surface area contributed by atoms with Crippen molar-refractivity contribution in [2.24, 2.45) is 0 Å². The van der Waals surface area contributed by atoms with Crippen LogP contribution in [0.4, 0.5) is 30.6 Å². The lowest BCUT2D eigenvalue weighted by molar-refractivity contribution is -0.141. The molecule has 174 valence electrons. The third-order valence-corrected chi connectivity index (χ3v) is 5.50. The van der Waals surface area contributed by atoms with E-state index in [1.807, 2.05) is 25.1 Å². The molecule has 9 nitrogen and oxygen atoms in total. The highest BCUT2D eigenvalue weighted by Crippen LogP contribution is 2.32. The number of nitrogens with one attached hydrogen (secondary N) is 2. The molecular weight excluding hydrogens is 437 g/mol. The maximum absolute atomic E-state index is 12.6. The van der Waals surface area contributed by atoms with E-state index < -0.39 is 11.9 Å². The molecule has 0 radical (unpaired) electrons. The molecule has 0 saturated heterocycles. The molecule has 3 aromatic rings. The van der Waals surface area contributed by atoms with E-state index in [2.05, 4.69) is 30.7 Å². The van der Waals surface area contributed by atoms with Crippen LogP contribution in [0, 0.1) is 6.92 Å². The zero-order valence-corrected chi connectivity index (χ0v) is 18.3. The van der Waals surface area contributed by atoms with Crippen molar-refractivity contribution in [2.45, 2.75) is 45.6 Å². The first-order chi connectivity index (χ1) is 15.6. The normalized spacial score (nSPS) is 15.9. The van der Waals surface area contributed by atoms with Gasteiger partial charge in [-0.15, -0.1) is 0 Å². The first kappa shape index (κ1) is 22.5. The predicted molar refractivity (Wildman–Crippen MR) is 116 cm³/mol. The Morgan fingerprint density at radius 3 is 2.67 bits per heavy atom. The summed E-state index contributed by atoms with van der Waals surface area (Å²) >= 11 is 0. The summed E-state index contributed by atoms with van der Waals surface area (Å²) < 4.78 is 39.6. The molecule has 1 atom stereocenters. The molecule has 0 aliphatic carbocycles. The number of rotatable bonds is 6. The fourth-order valence-electron chi connectivity index (χ4n) is 3.41. The summed E-state index contributed by atoms with van der Waals surface area (Å²) in [6, 6.07) is 2.08. The Morgan fingerprint density at radius 1 is 1.18 bits per heavy atom. The van der Waals surface area contributed by atoms with E-state index in [0.29, 0.717) is 48.2 Å². The van der Waals surface area contributed by atoms with Crippen molar-refractivity contribution in [3.8, 4) is 0 Å². The molecule has 4 heterocycles. The van der Waals surface area contributed by atoms with Crippen molar-refractivity contribution in [1.29, 1.82) is 0 Å². The number of aromatic nitrogens is 5. The van der Waals surface area contributed by atoms with Crippen LogP contribution in [0.1, 0.15) is 29.4 Å². The number of anilines is 3. The second-order valence-electron chi connectivity index (χ2n) is 7.87. The SMILES string of the molecule is Cc1nc(NCc2cnn(CCc3ccc(C(F)(F)F)nc3)c2)nc2c1NC(=O)[C@H](C)N2C. The molecule has 1 aliphatic rings. The van der Waals surface area contributed by atoms with Crippen molar-refractivity contribution >= 4 is 23.4 Å². The molecule has 1 amide bonds. The van der Waals surface area contributed by atoms with Gasteiger partial charge < -0.3 is 15.5 Å². The summed E-state index contributed by atoms with van der Waals surface area (Å²) in [6.07, 6.45) is 0.861. The molecule has 2 N–H and O–H groups in total. The van der Waals surface area contributed by atoms with Gasteiger partial charge in [-0.05, 0) is 31.9 Å². The van der Waals surface area contributed by atoms with Gasteiger partial charge in [-0.3, -0.25) is 14.5 Å². The lowest BCUT2D eigenvalue weighted by Crippen LogP contribution is -2.44. The summed E-state index contributed by atoms with van der Waals surface area (Å²) in [6.45, 7) is 4.55. The maximum atomic E-state index is 12.6. The minimum Gasteiger partial charge on any atom is -0.350 e. The quantitative estimate of drug-likeness (QED) is 0.583. The van der Waals surface area contributed by atoms with Gasteiger partial charge in [0.1, 0.15) is 17.4 Å². The molecule has 4 rings (SSSR count). The summed E-state index contributed by atoms with van der Waals surface area (Å²) in [5, 5.41) is 10.3. The number of amides is 1.